The van der Waals surface area contributed by atoms with Gasteiger partial charge in [0.1, 0.15) is 0 Å². The van der Waals surface area contributed by atoms with Crippen LogP contribution in [0, 0.1) is 0 Å². The Balaban J connectivity index is 2.49. The molecular formula is C12H25N5S. The fraction of sp³-hybridized carbons (Fsp3) is 0.917. The molecule has 1 rings (SSSR count). The molecule has 0 aliphatic carbocycles. The molecule has 0 fully saturated rings. The summed E-state index contributed by atoms with van der Waals surface area (Å²) in [5.74, 6) is 0. The van der Waals surface area contributed by atoms with Gasteiger partial charge < -0.3 is 5.32 Å². The Hall–Kier alpha value is -0.620. The highest BCUT2D eigenvalue weighted by Gasteiger charge is 2.13. The van der Waals surface area contributed by atoms with E-state index in [1.54, 1.807) is 11.8 Å². The van der Waals surface area contributed by atoms with E-state index in [9.17, 15) is 0 Å². The summed E-state index contributed by atoms with van der Waals surface area (Å²) in [6, 6.07) is 0. The van der Waals surface area contributed by atoms with Gasteiger partial charge in [-0.05, 0) is 44.0 Å². The zero-order chi connectivity index (χ0) is 13.6. The Bertz CT molecular complexity index is 340. The van der Waals surface area contributed by atoms with Gasteiger partial charge in [-0.25, -0.2) is 4.68 Å². The normalized spacial score (nSPS) is 12.3. The van der Waals surface area contributed by atoms with Gasteiger partial charge >= 0.3 is 0 Å². The maximum atomic E-state index is 4.10. The van der Waals surface area contributed by atoms with Crippen molar-refractivity contribution in [2.75, 3.05) is 6.54 Å². The number of hydrogen-bond donors (Lipinski definition) is 1. The standard InChI is InChI=1S/C12H25N5S/c1-6-10(7-2)18-11-14-15-16-17(11)9-8-13-12(3,4)5/h10,13H,6-9H2,1-5H3. The van der Waals surface area contributed by atoms with Crippen molar-refractivity contribution in [1.29, 1.82) is 0 Å². The number of nitrogens with zero attached hydrogens (tertiary/aromatic N) is 4. The van der Waals surface area contributed by atoms with Crippen molar-refractivity contribution < 1.29 is 0 Å². The van der Waals surface area contributed by atoms with Crippen molar-refractivity contribution in [1.82, 2.24) is 25.5 Å². The second kappa shape index (κ2) is 7.09. The molecule has 1 heterocycles. The van der Waals surface area contributed by atoms with Gasteiger partial charge in [-0.2, -0.15) is 0 Å². The van der Waals surface area contributed by atoms with E-state index in [4.69, 9.17) is 0 Å². The van der Waals surface area contributed by atoms with Crippen LogP contribution in [0.5, 0.6) is 0 Å². The van der Waals surface area contributed by atoms with E-state index in [1.807, 2.05) is 4.68 Å². The molecule has 0 unspecified atom stereocenters. The minimum Gasteiger partial charge on any atom is -0.310 e. The maximum absolute atomic E-state index is 4.10. The van der Waals surface area contributed by atoms with Crippen molar-refractivity contribution in [2.45, 2.75) is 70.0 Å². The van der Waals surface area contributed by atoms with Crippen molar-refractivity contribution in [3.63, 3.8) is 0 Å². The Morgan fingerprint density at radius 1 is 1.28 bits per heavy atom. The van der Waals surface area contributed by atoms with E-state index in [1.165, 1.54) is 0 Å². The summed E-state index contributed by atoms with van der Waals surface area (Å²) in [4.78, 5) is 0. The van der Waals surface area contributed by atoms with Gasteiger partial charge in [0.2, 0.25) is 5.16 Å². The summed E-state index contributed by atoms with van der Waals surface area (Å²) in [5.41, 5.74) is 0.136. The number of thioether (sulfide) groups is 1. The van der Waals surface area contributed by atoms with Crippen LogP contribution in [-0.2, 0) is 6.54 Å². The summed E-state index contributed by atoms with van der Waals surface area (Å²) in [6.07, 6.45) is 2.29. The smallest absolute Gasteiger partial charge is 0.209 e. The van der Waals surface area contributed by atoms with E-state index in [-0.39, 0.29) is 5.54 Å². The van der Waals surface area contributed by atoms with Crippen LogP contribution in [0.1, 0.15) is 47.5 Å². The summed E-state index contributed by atoms with van der Waals surface area (Å²) in [6.45, 7) is 12.6. The van der Waals surface area contributed by atoms with Crippen molar-refractivity contribution in [3.8, 4) is 0 Å². The monoisotopic (exact) mass is 271 g/mol. The molecule has 0 saturated heterocycles. The third-order valence-electron chi connectivity index (χ3n) is 2.66. The largest absolute Gasteiger partial charge is 0.310 e. The van der Waals surface area contributed by atoms with Gasteiger partial charge in [0, 0.05) is 17.3 Å². The molecule has 5 nitrogen and oxygen atoms in total. The molecular weight excluding hydrogens is 246 g/mol. The van der Waals surface area contributed by atoms with E-state index in [2.05, 4.69) is 55.5 Å². The first-order valence-electron chi connectivity index (χ1n) is 6.64. The Morgan fingerprint density at radius 3 is 2.50 bits per heavy atom. The van der Waals surface area contributed by atoms with Crippen LogP contribution in [0.25, 0.3) is 0 Å². The van der Waals surface area contributed by atoms with E-state index >= 15 is 0 Å². The maximum Gasteiger partial charge on any atom is 0.209 e. The first-order valence-corrected chi connectivity index (χ1v) is 7.52. The average molecular weight is 271 g/mol. The summed E-state index contributed by atoms with van der Waals surface area (Å²) < 4.78 is 1.89. The van der Waals surface area contributed by atoms with Gasteiger partial charge in [0.15, 0.2) is 0 Å². The van der Waals surface area contributed by atoms with Crippen LogP contribution in [0.3, 0.4) is 0 Å². The summed E-state index contributed by atoms with van der Waals surface area (Å²) in [5, 5.41) is 16.9. The molecule has 0 aromatic carbocycles. The van der Waals surface area contributed by atoms with Crippen LogP contribution < -0.4 is 5.32 Å². The molecule has 0 aliphatic rings. The molecule has 0 saturated carbocycles. The zero-order valence-corrected chi connectivity index (χ0v) is 12.9. The fourth-order valence-corrected chi connectivity index (χ4v) is 2.53. The highest BCUT2D eigenvalue weighted by atomic mass is 32.2. The predicted molar refractivity (Wildman–Crippen MR) is 75.8 cm³/mol. The molecule has 0 amide bonds. The molecule has 1 aromatic heterocycles. The van der Waals surface area contributed by atoms with Crippen LogP contribution >= 0.6 is 11.8 Å². The van der Waals surface area contributed by atoms with Crippen LogP contribution in [-0.4, -0.2) is 37.5 Å². The van der Waals surface area contributed by atoms with E-state index in [0.29, 0.717) is 5.25 Å². The van der Waals surface area contributed by atoms with Gasteiger partial charge in [-0.15, -0.1) is 5.10 Å². The highest BCUT2D eigenvalue weighted by molar-refractivity contribution is 7.99. The lowest BCUT2D eigenvalue weighted by molar-refractivity contribution is 0.396. The SMILES string of the molecule is CCC(CC)Sc1nnnn1CCNC(C)(C)C. The molecule has 18 heavy (non-hydrogen) atoms. The molecule has 0 atom stereocenters. The van der Waals surface area contributed by atoms with Crippen LogP contribution in [0.15, 0.2) is 5.16 Å². The van der Waals surface area contributed by atoms with Crippen molar-refractivity contribution >= 4 is 11.8 Å². The minimum absolute atomic E-state index is 0.136. The fourth-order valence-electron chi connectivity index (χ4n) is 1.56. The number of rotatable bonds is 7. The van der Waals surface area contributed by atoms with Crippen molar-refractivity contribution in [2.24, 2.45) is 0 Å². The first-order chi connectivity index (χ1) is 8.46. The second-order valence-corrected chi connectivity index (χ2v) is 6.69. The molecule has 1 N–H and O–H groups in total. The van der Waals surface area contributed by atoms with Crippen LogP contribution in [0.4, 0.5) is 0 Å². The molecule has 104 valence electrons. The van der Waals surface area contributed by atoms with Gasteiger partial charge in [0.25, 0.3) is 0 Å². The molecule has 1 aromatic rings. The molecule has 0 spiro atoms. The quantitative estimate of drug-likeness (QED) is 0.771. The Kier molecular flexibility index (Phi) is 6.08. The van der Waals surface area contributed by atoms with Gasteiger partial charge in [0.05, 0.1) is 6.54 Å². The van der Waals surface area contributed by atoms with Crippen LogP contribution in [0.2, 0.25) is 0 Å². The zero-order valence-electron chi connectivity index (χ0n) is 12.1. The minimum atomic E-state index is 0.136. The topological polar surface area (TPSA) is 55.6 Å². The highest BCUT2D eigenvalue weighted by Crippen LogP contribution is 2.24. The third kappa shape index (κ3) is 5.35. The third-order valence-corrected chi connectivity index (χ3v) is 4.16. The lowest BCUT2D eigenvalue weighted by Gasteiger charge is -2.20. The van der Waals surface area contributed by atoms with Crippen molar-refractivity contribution in [3.05, 3.63) is 0 Å². The second-order valence-electron chi connectivity index (χ2n) is 5.42. The molecule has 0 radical (unpaired) electrons. The number of hydrogen-bond acceptors (Lipinski definition) is 5. The van der Waals surface area contributed by atoms with Gasteiger partial charge in [-0.1, -0.05) is 25.6 Å². The molecule has 6 heteroatoms. The first kappa shape index (κ1) is 15.4. The Labute approximate surface area is 114 Å². The summed E-state index contributed by atoms with van der Waals surface area (Å²) >= 11 is 1.78. The number of nitrogens with one attached hydrogen (secondary N) is 1. The number of aromatic nitrogens is 4. The van der Waals surface area contributed by atoms with Gasteiger partial charge in [-0.3, -0.25) is 0 Å². The summed E-state index contributed by atoms with van der Waals surface area (Å²) in [7, 11) is 0. The lowest BCUT2D eigenvalue weighted by atomic mass is 10.1. The molecule has 0 aliphatic heterocycles. The van der Waals surface area contributed by atoms with E-state index in [0.717, 1.165) is 31.1 Å². The Morgan fingerprint density at radius 2 is 1.94 bits per heavy atom. The van der Waals surface area contributed by atoms with E-state index < -0.39 is 0 Å². The average Bonchev–Trinajstić information content (AvgIpc) is 2.72. The molecule has 0 bridgehead atoms. The lowest BCUT2D eigenvalue weighted by Crippen LogP contribution is -2.38. The number of tetrazole rings is 1. The predicted octanol–water partition coefficient (Wildman–Crippen LogP) is 2.34.